The lowest BCUT2D eigenvalue weighted by Gasteiger charge is -2.36. The van der Waals surface area contributed by atoms with Gasteiger partial charge in [0.25, 0.3) is 5.91 Å². The van der Waals surface area contributed by atoms with Crippen molar-refractivity contribution in [2.24, 2.45) is 5.73 Å². The van der Waals surface area contributed by atoms with Crippen molar-refractivity contribution in [3.8, 4) is 0 Å². The maximum Gasteiger partial charge on any atom is 0.417 e. The maximum atomic E-state index is 13.1. The third-order valence-corrected chi connectivity index (χ3v) is 5.36. The molecule has 2 aromatic rings. The summed E-state index contributed by atoms with van der Waals surface area (Å²) in [5, 5.41) is 7.64. The Hall–Kier alpha value is -2.94. The Balaban J connectivity index is 1.90. The van der Waals surface area contributed by atoms with Crippen molar-refractivity contribution in [3.63, 3.8) is 0 Å². The first-order valence-corrected chi connectivity index (χ1v) is 9.26. The smallest absolute Gasteiger partial charge is 0.400 e. The molecule has 1 aromatic heterocycles. The molecule has 3 rings (SSSR count). The highest BCUT2D eigenvalue weighted by Crippen LogP contribution is 2.37. The molecule has 1 aliphatic heterocycles. The summed E-state index contributed by atoms with van der Waals surface area (Å²) in [6.07, 6.45) is -3.51. The lowest BCUT2D eigenvalue weighted by Crippen LogP contribution is -2.46. The summed E-state index contributed by atoms with van der Waals surface area (Å²) in [5.74, 6) is -1.23. The van der Waals surface area contributed by atoms with Crippen LogP contribution in [0, 0.1) is 11.2 Å². The SMILES string of the molecule is CC1C(N)=C(C(=N)c2ccc(F)cn2)CCN1C(=O)c1cccc(C(F)(F)F)c1Cl. The number of benzene rings is 1. The Kier molecular flexibility index (Phi) is 5.85. The molecule has 5 nitrogen and oxygen atoms in total. The van der Waals surface area contributed by atoms with Crippen LogP contribution in [0.1, 0.15) is 35.0 Å². The van der Waals surface area contributed by atoms with E-state index in [-0.39, 0.29) is 35.6 Å². The van der Waals surface area contributed by atoms with Crippen molar-refractivity contribution >= 4 is 23.2 Å². The van der Waals surface area contributed by atoms with Crippen molar-refractivity contribution in [2.45, 2.75) is 25.6 Å². The molecule has 158 valence electrons. The number of hydrogen-bond donors (Lipinski definition) is 2. The molecule has 1 unspecified atom stereocenters. The maximum absolute atomic E-state index is 13.1. The topological polar surface area (TPSA) is 83.1 Å². The van der Waals surface area contributed by atoms with Gasteiger partial charge in [-0.15, -0.1) is 0 Å². The van der Waals surface area contributed by atoms with E-state index in [1.807, 2.05) is 0 Å². The summed E-state index contributed by atoms with van der Waals surface area (Å²) in [7, 11) is 0. The van der Waals surface area contributed by atoms with Crippen LogP contribution in [0.5, 0.6) is 0 Å². The van der Waals surface area contributed by atoms with Gasteiger partial charge >= 0.3 is 6.18 Å². The summed E-state index contributed by atoms with van der Waals surface area (Å²) in [5.41, 5.74) is 5.69. The summed E-state index contributed by atoms with van der Waals surface area (Å²) in [4.78, 5) is 18.1. The van der Waals surface area contributed by atoms with Crippen LogP contribution >= 0.6 is 11.6 Å². The van der Waals surface area contributed by atoms with Gasteiger partial charge in [-0.05, 0) is 37.6 Å². The highest BCUT2D eigenvalue weighted by molar-refractivity contribution is 6.34. The average molecular weight is 441 g/mol. The van der Waals surface area contributed by atoms with Crippen LogP contribution < -0.4 is 5.73 Å². The number of nitrogens with zero attached hydrogens (tertiary/aromatic N) is 2. The molecule has 3 N–H and O–H groups in total. The minimum Gasteiger partial charge on any atom is -0.400 e. The van der Waals surface area contributed by atoms with Crippen molar-refractivity contribution in [1.82, 2.24) is 9.88 Å². The van der Waals surface area contributed by atoms with Gasteiger partial charge < -0.3 is 10.6 Å². The van der Waals surface area contributed by atoms with E-state index < -0.39 is 34.5 Å². The second kappa shape index (κ2) is 8.06. The monoisotopic (exact) mass is 440 g/mol. The zero-order valence-electron chi connectivity index (χ0n) is 15.7. The van der Waals surface area contributed by atoms with Gasteiger partial charge in [-0.25, -0.2) is 4.39 Å². The van der Waals surface area contributed by atoms with E-state index >= 15 is 0 Å². The van der Waals surface area contributed by atoms with Crippen LogP contribution in [0.15, 0.2) is 47.8 Å². The van der Waals surface area contributed by atoms with E-state index in [0.29, 0.717) is 5.57 Å². The third-order valence-electron chi connectivity index (χ3n) is 4.95. The van der Waals surface area contributed by atoms with Gasteiger partial charge in [0.15, 0.2) is 0 Å². The first-order valence-electron chi connectivity index (χ1n) is 8.88. The molecule has 1 aliphatic rings. The normalized spacial score (nSPS) is 17.3. The van der Waals surface area contributed by atoms with Crippen molar-refractivity contribution in [3.05, 3.63) is 75.5 Å². The molecule has 2 heterocycles. The predicted octanol–water partition coefficient (Wildman–Crippen LogP) is 4.41. The van der Waals surface area contributed by atoms with E-state index in [1.165, 1.54) is 23.1 Å². The molecule has 10 heteroatoms. The lowest BCUT2D eigenvalue weighted by atomic mass is 9.93. The number of alkyl halides is 3. The molecule has 0 saturated carbocycles. The first-order chi connectivity index (χ1) is 14.0. The van der Waals surface area contributed by atoms with Crippen molar-refractivity contribution in [2.75, 3.05) is 6.54 Å². The lowest BCUT2D eigenvalue weighted by molar-refractivity contribution is -0.137. The zero-order valence-corrected chi connectivity index (χ0v) is 16.5. The molecule has 0 radical (unpaired) electrons. The number of hydrogen-bond acceptors (Lipinski definition) is 4. The Bertz CT molecular complexity index is 1030. The number of halogens is 5. The molecule has 0 saturated heterocycles. The number of rotatable bonds is 3. The van der Waals surface area contributed by atoms with Gasteiger partial charge in [0, 0.05) is 17.8 Å². The Labute approximate surface area is 174 Å². The molecular weight excluding hydrogens is 424 g/mol. The van der Waals surface area contributed by atoms with Gasteiger partial charge in [0.2, 0.25) is 0 Å². The van der Waals surface area contributed by atoms with Crippen LogP contribution in [0.25, 0.3) is 0 Å². The molecule has 0 bridgehead atoms. The van der Waals surface area contributed by atoms with Crippen LogP contribution in [0.3, 0.4) is 0 Å². The number of carbonyl (C=O) groups is 1. The predicted molar refractivity (Wildman–Crippen MR) is 104 cm³/mol. The van der Waals surface area contributed by atoms with E-state index in [1.54, 1.807) is 6.92 Å². The summed E-state index contributed by atoms with van der Waals surface area (Å²) >= 11 is 5.88. The highest BCUT2D eigenvalue weighted by atomic mass is 35.5. The molecule has 1 aromatic carbocycles. The third kappa shape index (κ3) is 4.02. The van der Waals surface area contributed by atoms with Gasteiger partial charge in [0.05, 0.1) is 39.8 Å². The number of carbonyl (C=O) groups excluding carboxylic acids is 1. The molecular formula is C20H17ClF4N4O. The molecule has 0 aliphatic carbocycles. The number of aromatic nitrogens is 1. The Morgan fingerprint density at radius 2 is 2.00 bits per heavy atom. The average Bonchev–Trinajstić information content (AvgIpc) is 2.69. The molecule has 0 fully saturated rings. The minimum absolute atomic E-state index is 0.00329. The fraction of sp³-hybridized carbons (Fsp3) is 0.250. The van der Waals surface area contributed by atoms with E-state index in [2.05, 4.69) is 4.98 Å². The second-order valence-electron chi connectivity index (χ2n) is 6.76. The van der Waals surface area contributed by atoms with Crippen LogP contribution in [-0.4, -0.2) is 34.1 Å². The summed E-state index contributed by atoms with van der Waals surface area (Å²) in [6, 6.07) is 4.99. The standard InChI is InChI=1S/C20H17ClF4N4O/c1-10-17(26)13(18(27)15-6-5-11(22)9-28-15)7-8-29(10)19(30)12-3-2-4-14(16(12)21)20(23,24)25/h2-6,9-10,27H,7-8,26H2,1H3. The van der Waals surface area contributed by atoms with Crippen molar-refractivity contribution in [1.29, 1.82) is 5.41 Å². The van der Waals surface area contributed by atoms with Crippen LogP contribution in [0.2, 0.25) is 5.02 Å². The fourth-order valence-electron chi connectivity index (χ4n) is 3.29. The van der Waals surface area contributed by atoms with E-state index in [4.69, 9.17) is 22.7 Å². The minimum atomic E-state index is -4.69. The van der Waals surface area contributed by atoms with E-state index in [0.717, 1.165) is 18.3 Å². The molecule has 1 atom stereocenters. The number of amides is 1. The second-order valence-corrected chi connectivity index (χ2v) is 7.14. The largest absolute Gasteiger partial charge is 0.417 e. The zero-order chi connectivity index (χ0) is 22.2. The van der Waals surface area contributed by atoms with Crippen LogP contribution in [-0.2, 0) is 6.18 Å². The summed E-state index contributed by atoms with van der Waals surface area (Å²) < 4.78 is 52.4. The summed E-state index contributed by atoms with van der Waals surface area (Å²) in [6.45, 7) is 1.73. The van der Waals surface area contributed by atoms with Gasteiger partial charge in [-0.2, -0.15) is 13.2 Å². The molecule has 30 heavy (non-hydrogen) atoms. The Morgan fingerprint density at radius 1 is 1.30 bits per heavy atom. The number of nitrogens with one attached hydrogen (secondary N) is 1. The van der Waals surface area contributed by atoms with Crippen molar-refractivity contribution < 1.29 is 22.4 Å². The Morgan fingerprint density at radius 3 is 2.60 bits per heavy atom. The first kappa shape index (κ1) is 21.8. The molecule has 1 amide bonds. The molecule has 0 spiro atoms. The van der Waals surface area contributed by atoms with Gasteiger partial charge in [-0.1, -0.05) is 17.7 Å². The van der Waals surface area contributed by atoms with Crippen LogP contribution in [0.4, 0.5) is 17.6 Å². The quantitative estimate of drug-likeness (QED) is 0.548. The van der Waals surface area contributed by atoms with Gasteiger partial charge in [0.1, 0.15) is 5.82 Å². The number of pyridine rings is 1. The fourth-order valence-corrected chi connectivity index (χ4v) is 3.60. The number of nitrogens with two attached hydrogens (primary N) is 1. The van der Waals surface area contributed by atoms with E-state index in [9.17, 15) is 22.4 Å². The highest BCUT2D eigenvalue weighted by Gasteiger charge is 2.37. The van der Waals surface area contributed by atoms with Gasteiger partial charge in [-0.3, -0.25) is 15.2 Å².